The lowest BCUT2D eigenvalue weighted by Crippen LogP contribution is -2.34. The van der Waals surface area contributed by atoms with E-state index in [0.717, 1.165) is 37.0 Å². The molecule has 0 saturated heterocycles. The SMILES string of the molecule is CCOc1ccc(/C=C/c2nc(C3(N)CCCC3)no2)cc1OC.Cl. The minimum Gasteiger partial charge on any atom is -0.493 e. The van der Waals surface area contributed by atoms with Crippen molar-refractivity contribution >= 4 is 24.6 Å². The molecule has 0 bridgehead atoms. The molecule has 0 amide bonds. The summed E-state index contributed by atoms with van der Waals surface area (Å²) in [5.74, 6) is 2.47. The fourth-order valence-corrected chi connectivity index (χ4v) is 2.96. The van der Waals surface area contributed by atoms with Gasteiger partial charge in [-0.3, -0.25) is 0 Å². The molecule has 0 atom stereocenters. The minimum atomic E-state index is -0.433. The zero-order valence-electron chi connectivity index (χ0n) is 14.5. The molecular weight excluding hydrogens is 342 g/mol. The summed E-state index contributed by atoms with van der Waals surface area (Å²) in [7, 11) is 1.62. The van der Waals surface area contributed by atoms with Gasteiger partial charge in [0.2, 0.25) is 0 Å². The largest absolute Gasteiger partial charge is 0.493 e. The van der Waals surface area contributed by atoms with Gasteiger partial charge >= 0.3 is 0 Å². The predicted octanol–water partition coefficient (Wildman–Crippen LogP) is 3.80. The molecule has 1 saturated carbocycles. The topological polar surface area (TPSA) is 83.4 Å². The Morgan fingerprint density at radius 2 is 2.00 bits per heavy atom. The van der Waals surface area contributed by atoms with Gasteiger partial charge in [0.25, 0.3) is 5.89 Å². The molecule has 0 aliphatic heterocycles. The van der Waals surface area contributed by atoms with Crippen LogP contribution in [-0.2, 0) is 5.54 Å². The number of rotatable bonds is 6. The van der Waals surface area contributed by atoms with Gasteiger partial charge in [-0.2, -0.15) is 4.98 Å². The molecule has 6 nitrogen and oxygen atoms in total. The molecule has 1 aliphatic rings. The normalized spacial score (nSPS) is 16.0. The summed E-state index contributed by atoms with van der Waals surface area (Å²) < 4.78 is 16.2. The molecule has 2 aromatic rings. The molecular formula is C18H24ClN3O3. The Labute approximate surface area is 153 Å². The first-order valence-electron chi connectivity index (χ1n) is 8.26. The molecule has 2 N–H and O–H groups in total. The van der Waals surface area contributed by atoms with Gasteiger partial charge in [-0.05, 0) is 43.5 Å². The highest BCUT2D eigenvalue weighted by atomic mass is 35.5. The summed E-state index contributed by atoms with van der Waals surface area (Å²) >= 11 is 0. The lowest BCUT2D eigenvalue weighted by atomic mass is 9.99. The minimum absolute atomic E-state index is 0. The fraction of sp³-hybridized carbons (Fsp3) is 0.444. The average Bonchev–Trinajstić information content (AvgIpc) is 3.24. The van der Waals surface area contributed by atoms with E-state index in [4.69, 9.17) is 19.7 Å². The Balaban J connectivity index is 0.00000225. The van der Waals surface area contributed by atoms with Crippen molar-refractivity contribution in [3.05, 3.63) is 35.5 Å². The highest BCUT2D eigenvalue weighted by molar-refractivity contribution is 5.85. The summed E-state index contributed by atoms with van der Waals surface area (Å²) in [6, 6.07) is 5.73. The predicted molar refractivity (Wildman–Crippen MR) is 99.0 cm³/mol. The van der Waals surface area contributed by atoms with Gasteiger partial charge in [0.1, 0.15) is 0 Å². The summed E-state index contributed by atoms with van der Waals surface area (Å²) in [5.41, 5.74) is 6.87. The van der Waals surface area contributed by atoms with Crippen LogP contribution in [0.4, 0.5) is 0 Å². The first-order chi connectivity index (χ1) is 11.6. The van der Waals surface area contributed by atoms with Crippen molar-refractivity contribution in [3.63, 3.8) is 0 Å². The fourth-order valence-electron chi connectivity index (χ4n) is 2.96. The second-order valence-corrected chi connectivity index (χ2v) is 6.00. The average molecular weight is 366 g/mol. The number of hydrogen-bond donors (Lipinski definition) is 1. The third-order valence-corrected chi connectivity index (χ3v) is 4.29. The van der Waals surface area contributed by atoms with Crippen LogP contribution in [0.1, 0.15) is 49.9 Å². The van der Waals surface area contributed by atoms with Crippen LogP contribution in [-0.4, -0.2) is 23.9 Å². The van der Waals surface area contributed by atoms with Crippen LogP contribution in [0.2, 0.25) is 0 Å². The second kappa shape index (κ2) is 8.36. The van der Waals surface area contributed by atoms with Crippen LogP contribution < -0.4 is 15.2 Å². The van der Waals surface area contributed by atoms with E-state index in [1.807, 2.05) is 31.2 Å². The van der Waals surface area contributed by atoms with Crippen molar-refractivity contribution < 1.29 is 14.0 Å². The van der Waals surface area contributed by atoms with Crippen molar-refractivity contribution in [2.75, 3.05) is 13.7 Å². The van der Waals surface area contributed by atoms with Gasteiger partial charge in [-0.25, -0.2) is 0 Å². The maximum atomic E-state index is 6.34. The summed E-state index contributed by atoms with van der Waals surface area (Å²) in [4.78, 5) is 4.42. The molecule has 1 aromatic heterocycles. The van der Waals surface area contributed by atoms with E-state index in [-0.39, 0.29) is 12.4 Å². The van der Waals surface area contributed by atoms with Crippen LogP contribution in [0.15, 0.2) is 22.7 Å². The van der Waals surface area contributed by atoms with Crippen molar-refractivity contribution in [3.8, 4) is 11.5 Å². The number of methoxy groups -OCH3 is 1. The first-order valence-corrected chi connectivity index (χ1v) is 8.26. The standard InChI is InChI=1S/C18H23N3O3.ClH/c1-3-23-14-8-6-13(12-15(14)22-2)7-9-16-20-17(21-24-16)18(19)10-4-5-11-18;/h6-9,12H,3-5,10-11,19H2,1-2H3;1H/b9-7+;. The van der Waals surface area contributed by atoms with Crippen molar-refractivity contribution in [2.45, 2.75) is 38.1 Å². The van der Waals surface area contributed by atoms with E-state index < -0.39 is 5.54 Å². The van der Waals surface area contributed by atoms with E-state index >= 15 is 0 Å². The quantitative estimate of drug-likeness (QED) is 0.838. The van der Waals surface area contributed by atoms with E-state index in [1.54, 1.807) is 13.2 Å². The van der Waals surface area contributed by atoms with Crippen LogP contribution in [0.3, 0.4) is 0 Å². The zero-order valence-corrected chi connectivity index (χ0v) is 15.3. The van der Waals surface area contributed by atoms with Gasteiger partial charge in [-0.1, -0.05) is 24.1 Å². The van der Waals surface area contributed by atoms with E-state index in [1.165, 1.54) is 0 Å². The maximum absolute atomic E-state index is 6.34. The Bertz CT molecular complexity index is 724. The number of nitrogens with zero attached hydrogens (tertiary/aromatic N) is 2. The Morgan fingerprint density at radius 3 is 2.68 bits per heavy atom. The smallest absolute Gasteiger partial charge is 0.250 e. The third-order valence-electron chi connectivity index (χ3n) is 4.29. The van der Waals surface area contributed by atoms with Crippen LogP contribution in [0, 0.1) is 0 Å². The van der Waals surface area contributed by atoms with Crippen LogP contribution in [0.25, 0.3) is 12.2 Å². The number of hydrogen-bond acceptors (Lipinski definition) is 6. The maximum Gasteiger partial charge on any atom is 0.250 e. The molecule has 7 heteroatoms. The molecule has 25 heavy (non-hydrogen) atoms. The third kappa shape index (κ3) is 4.32. The molecule has 0 spiro atoms. The molecule has 3 rings (SSSR count). The Morgan fingerprint density at radius 1 is 1.24 bits per heavy atom. The number of aromatic nitrogens is 2. The highest BCUT2D eigenvalue weighted by Gasteiger charge is 2.35. The number of nitrogens with two attached hydrogens (primary N) is 1. The van der Waals surface area contributed by atoms with Crippen molar-refractivity contribution in [1.29, 1.82) is 0 Å². The number of ether oxygens (including phenoxy) is 2. The number of benzene rings is 1. The van der Waals surface area contributed by atoms with Crippen LogP contribution >= 0.6 is 12.4 Å². The van der Waals surface area contributed by atoms with Gasteiger partial charge < -0.3 is 19.7 Å². The molecule has 0 radical (unpaired) electrons. The Hall–Kier alpha value is -2.05. The van der Waals surface area contributed by atoms with E-state index in [2.05, 4.69) is 10.1 Å². The molecule has 136 valence electrons. The van der Waals surface area contributed by atoms with Gasteiger partial charge in [0.05, 0.1) is 19.3 Å². The lowest BCUT2D eigenvalue weighted by Gasteiger charge is -2.17. The van der Waals surface area contributed by atoms with Gasteiger partial charge in [-0.15, -0.1) is 12.4 Å². The first kappa shape index (κ1) is 19.3. The zero-order chi connectivity index (χ0) is 17.0. The number of halogens is 1. The van der Waals surface area contributed by atoms with Gasteiger partial charge in [0.15, 0.2) is 17.3 Å². The molecule has 1 aliphatic carbocycles. The van der Waals surface area contributed by atoms with Crippen molar-refractivity contribution in [1.82, 2.24) is 10.1 Å². The summed E-state index contributed by atoms with van der Waals surface area (Å²) in [6.07, 6.45) is 7.72. The lowest BCUT2D eigenvalue weighted by molar-refractivity contribution is 0.311. The molecule has 1 fully saturated rings. The highest BCUT2D eigenvalue weighted by Crippen LogP contribution is 2.34. The second-order valence-electron chi connectivity index (χ2n) is 6.00. The summed E-state index contributed by atoms with van der Waals surface area (Å²) in [5, 5.41) is 4.05. The summed E-state index contributed by atoms with van der Waals surface area (Å²) in [6.45, 7) is 2.53. The van der Waals surface area contributed by atoms with Gasteiger partial charge in [0, 0.05) is 6.08 Å². The van der Waals surface area contributed by atoms with Crippen molar-refractivity contribution in [2.24, 2.45) is 5.73 Å². The Kier molecular flexibility index (Phi) is 6.45. The van der Waals surface area contributed by atoms with E-state index in [9.17, 15) is 0 Å². The monoisotopic (exact) mass is 365 g/mol. The van der Waals surface area contributed by atoms with Crippen LogP contribution in [0.5, 0.6) is 11.5 Å². The molecule has 0 unspecified atom stereocenters. The molecule has 1 heterocycles. The van der Waals surface area contributed by atoms with E-state index in [0.29, 0.717) is 24.1 Å². The molecule has 1 aromatic carbocycles.